The summed E-state index contributed by atoms with van der Waals surface area (Å²) in [5, 5.41) is 14.0. The van der Waals surface area contributed by atoms with Crippen molar-refractivity contribution in [3.05, 3.63) is 59.1 Å². The molecule has 6 nitrogen and oxygen atoms in total. The molecule has 0 bridgehead atoms. The maximum Gasteiger partial charge on any atom is 0.573 e. The van der Waals surface area contributed by atoms with Crippen molar-refractivity contribution >= 4 is 21.6 Å². The van der Waals surface area contributed by atoms with E-state index in [-0.39, 0.29) is 10.8 Å². The molecule has 0 aliphatic carbocycles. The minimum atomic E-state index is -4.83. The van der Waals surface area contributed by atoms with Crippen molar-refractivity contribution in [3.8, 4) is 5.75 Å². The van der Waals surface area contributed by atoms with E-state index in [4.69, 9.17) is 11.6 Å². The first-order valence-corrected chi connectivity index (χ1v) is 11.9. The molecule has 32 heavy (non-hydrogen) atoms. The van der Waals surface area contributed by atoms with Crippen LogP contribution in [0.1, 0.15) is 24.5 Å². The molecule has 0 saturated carbocycles. The third-order valence-corrected chi connectivity index (χ3v) is 7.42. The van der Waals surface area contributed by atoms with Crippen LogP contribution in [0.25, 0.3) is 0 Å². The highest BCUT2D eigenvalue weighted by molar-refractivity contribution is 7.89. The molecule has 3 rings (SSSR count). The molecule has 2 aromatic carbocycles. The molecule has 176 valence electrons. The number of alkyl halides is 3. The van der Waals surface area contributed by atoms with Gasteiger partial charge in [-0.2, -0.15) is 4.31 Å². The van der Waals surface area contributed by atoms with E-state index in [1.807, 2.05) is 0 Å². The molecule has 0 spiro atoms. The van der Waals surface area contributed by atoms with Crippen LogP contribution >= 0.6 is 11.6 Å². The van der Waals surface area contributed by atoms with Crippen molar-refractivity contribution in [2.75, 3.05) is 26.2 Å². The number of hydrogen-bond acceptors (Lipinski definition) is 5. The maximum atomic E-state index is 12.8. The molecule has 1 saturated heterocycles. The summed E-state index contributed by atoms with van der Waals surface area (Å²) in [5.41, 5.74) is 0.720. The largest absolute Gasteiger partial charge is 0.573 e. The lowest BCUT2D eigenvalue weighted by atomic mass is 9.98. The summed E-state index contributed by atoms with van der Waals surface area (Å²) in [5.74, 6) is -0.225. The summed E-state index contributed by atoms with van der Waals surface area (Å²) in [7, 11) is -3.80. The van der Waals surface area contributed by atoms with Gasteiger partial charge in [-0.05, 0) is 67.3 Å². The van der Waals surface area contributed by atoms with Gasteiger partial charge in [0.05, 0.1) is 11.0 Å². The molecule has 0 amide bonds. The highest BCUT2D eigenvalue weighted by Crippen LogP contribution is 2.27. The monoisotopic (exact) mass is 492 g/mol. The Bertz CT molecular complexity index is 995. The molecule has 1 heterocycles. The Morgan fingerprint density at radius 1 is 1.16 bits per heavy atom. The molecular weight excluding hydrogens is 469 g/mol. The van der Waals surface area contributed by atoms with Crippen LogP contribution in [0.4, 0.5) is 13.2 Å². The van der Waals surface area contributed by atoms with Gasteiger partial charge in [0, 0.05) is 24.7 Å². The molecule has 1 atom stereocenters. The number of aliphatic hydroxyl groups excluding tert-OH is 1. The summed E-state index contributed by atoms with van der Waals surface area (Å²) in [6.45, 7) is 1.61. The van der Waals surface area contributed by atoms with Crippen molar-refractivity contribution in [2.24, 2.45) is 5.92 Å². The Kier molecular flexibility index (Phi) is 8.05. The second-order valence-corrected chi connectivity index (χ2v) is 9.97. The summed E-state index contributed by atoms with van der Waals surface area (Å²) < 4.78 is 67.5. The highest BCUT2D eigenvalue weighted by Gasteiger charge is 2.32. The molecule has 1 aliphatic heterocycles. The van der Waals surface area contributed by atoms with Crippen molar-refractivity contribution in [1.82, 2.24) is 9.62 Å². The van der Waals surface area contributed by atoms with Crippen LogP contribution in [0.5, 0.6) is 5.75 Å². The van der Waals surface area contributed by atoms with Crippen LogP contribution in [0, 0.1) is 5.92 Å². The lowest BCUT2D eigenvalue weighted by molar-refractivity contribution is -0.274. The standard InChI is InChI=1S/C21H24ClF3N2O4S/c22-17-3-1-2-16(12-17)20(28)14-26-13-15-8-10-27(11-9-15)32(29,30)19-6-4-18(5-7-19)31-21(23,24)25/h1-7,12,15,20,26,28H,8-11,13-14H2/t20-/m0/s1. The number of nitrogens with one attached hydrogen (secondary N) is 1. The zero-order chi connectivity index (χ0) is 23.4. The van der Waals surface area contributed by atoms with E-state index in [1.54, 1.807) is 24.3 Å². The van der Waals surface area contributed by atoms with Gasteiger partial charge in [0.25, 0.3) is 0 Å². The Labute approximate surface area is 190 Å². The first-order valence-electron chi connectivity index (χ1n) is 10.0. The Hall–Kier alpha value is -1.85. The second kappa shape index (κ2) is 10.4. The maximum absolute atomic E-state index is 12.8. The molecule has 1 aliphatic rings. The Balaban J connectivity index is 1.47. The number of piperidine rings is 1. The summed E-state index contributed by atoms with van der Waals surface area (Å²) >= 11 is 5.94. The van der Waals surface area contributed by atoms with E-state index in [0.717, 1.165) is 29.8 Å². The minimum Gasteiger partial charge on any atom is -0.406 e. The molecule has 0 aromatic heterocycles. The zero-order valence-electron chi connectivity index (χ0n) is 17.1. The summed E-state index contributed by atoms with van der Waals surface area (Å²) in [6, 6.07) is 11.2. The van der Waals surface area contributed by atoms with Crippen LogP contribution in [0.3, 0.4) is 0 Å². The molecule has 0 unspecified atom stereocenters. The van der Waals surface area contributed by atoms with Gasteiger partial charge in [-0.15, -0.1) is 13.2 Å². The van der Waals surface area contributed by atoms with E-state index in [9.17, 15) is 26.7 Å². The number of nitrogens with zero attached hydrogens (tertiary/aromatic N) is 1. The normalized spacial score (nSPS) is 17.3. The molecule has 2 aromatic rings. The van der Waals surface area contributed by atoms with Gasteiger partial charge in [-0.25, -0.2) is 8.42 Å². The Morgan fingerprint density at radius 2 is 1.81 bits per heavy atom. The number of aliphatic hydroxyl groups is 1. The number of ether oxygens (including phenoxy) is 1. The van der Waals surface area contributed by atoms with Gasteiger partial charge in [-0.3, -0.25) is 0 Å². The fraction of sp³-hybridized carbons (Fsp3) is 0.429. The first-order chi connectivity index (χ1) is 15.0. The van der Waals surface area contributed by atoms with E-state index in [0.29, 0.717) is 44.0 Å². The molecule has 11 heteroatoms. The predicted octanol–water partition coefficient (Wildman–Crippen LogP) is 3.96. The van der Waals surface area contributed by atoms with Crippen LogP contribution < -0.4 is 10.1 Å². The Morgan fingerprint density at radius 3 is 2.41 bits per heavy atom. The number of halogens is 4. The average molecular weight is 493 g/mol. The van der Waals surface area contributed by atoms with Gasteiger partial charge in [0.15, 0.2) is 0 Å². The number of rotatable bonds is 8. The van der Waals surface area contributed by atoms with Crippen molar-refractivity contribution in [2.45, 2.75) is 30.2 Å². The van der Waals surface area contributed by atoms with Gasteiger partial charge in [0.2, 0.25) is 10.0 Å². The predicted molar refractivity (Wildman–Crippen MR) is 114 cm³/mol. The van der Waals surface area contributed by atoms with Crippen LogP contribution in [-0.4, -0.2) is 50.4 Å². The van der Waals surface area contributed by atoms with Crippen LogP contribution in [0.15, 0.2) is 53.4 Å². The molecule has 2 N–H and O–H groups in total. The lowest BCUT2D eigenvalue weighted by Gasteiger charge is -2.31. The van der Waals surface area contributed by atoms with Crippen LogP contribution in [0.2, 0.25) is 5.02 Å². The first kappa shape index (κ1) is 24.8. The van der Waals surface area contributed by atoms with E-state index >= 15 is 0 Å². The van der Waals surface area contributed by atoms with E-state index in [1.165, 1.54) is 4.31 Å². The van der Waals surface area contributed by atoms with Gasteiger partial charge in [0.1, 0.15) is 5.75 Å². The number of hydrogen-bond donors (Lipinski definition) is 2. The van der Waals surface area contributed by atoms with E-state index < -0.39 is 28.2 Å². The topological polar surface area (TPSA) is 78.9 Å². The third kappa shape index (κ3) is 6.82. The molecule has 0 radical (unpaired) electrons. The van der Waals surface area contributed by atoms with Crippen molar-refractivity contribution in [3.63, 3.8) is 0 Å². The SMILES string of the molecule is O=S(=O)(c1ccc(OC(F)(F)F)cc1)N1CCC(CNC[C@H](O)c2cccc(Cl)c2)CC1. The fourth-order valence-corrected chi connectivity index (χ4v) is 5.24. The quantitative estimate of drug-likeness (QED) is 0.583. The summed E-state index contributed by atoms with van der Waals surface area (Å²) in [4.78, 5) is -0.0757. The number of sulfonamides is 1. The lowest BCUT2D eigenvalue weighted by Crippen LogP contribution is -2.41. The zero-order valence-corrected chi connectivity index (χ0v) is 18.6. The summed E-state index contributed by atoms with van der Waals surface area (Å²) in [6.07, 6.45) is -4.26. The average Bonchev–Trinajstić information content (AvgIpc) is 2.73. The highest BCUT2D eigenvalue weighted by atomic mass is 35.5. The van der Waals surface area contributed by atoms with Gasteiger partial charge < -0.3 is 15.2 Å². The smallest absolute Gasteiger partial charge is 0.406 e. The fourth-order valence-electron chi connectivity index (χ4n) is 3.57. The van der Waals surface area contributed by atoms with E-state index in [2.05, 4.69) is 10.1 Å². The second-order valence-electron chi connectivity index (χ2n) is 7.60. The number of benzene rings is 2. The van der Waals surface area contributed by atoms with Gasteiger partial charge >= 0.3 is 6.36 Å². The van der Waals surface area contributed by atoms with Crippen LogP contribution in [-0.2, 0) is 10.0 Å². The van der Waals surface area contributed by atoms with Crippen molar-refractivity contribution in [1.29, 1.82) is 0 Å². The minimum absolute atomic E-state index is 0.0757. The third-order valence-electron chi connectivity index (χ3n) is 5.27. The molecular formula is C21H24ClF3N2O4S. The van der Waals surface area contributed by atoms with Crippen molar-refractivity contribution < 1.29 is 31.4 Å². The molecule has 1 fully saturated rings. The van der Waals surface area contributed by atoms with Gasteiger partial charge in [-0.1, -0.05) is 23.7 Å².